The molecule has 6 nitrogen and oxygen atoms in total. The van der Waals surface area contributed by atoms with E-state index < -0.39 is 5.91 Å². The maximum atomic E-state index is 11.3. The molecule has 1 aliphatic rings. The molecule has 1 fully saturated rings. The average Bonchev–Trinajstić information content (AvgIpc) is 2.39. The van der Waals surface area contributed by atoms with E-state index in [0.717, 1.165) is 31.9 Å². The van der Waals surface area contributed by atoms with Crippen molar-refractivity contribution < 1.29 is 4.79 Å². The molecule has 18 heavy (non-hydrogen) atoms. The van der Waals surface area contributed by atoms with Gasteiger partial charge in [-0.25, -0.2) is 0 Å². The Balaban J connectivity index is 2.26. The quantitative estimate of drug-likeness (QED) is 0.807. The lowest BCUT2D eigenvalue weighted by molar-refractivity contribution is 0.100. The maximum Gasteiger partial charge on any atom is 0.251 e. The van der Waals surface area contributed by atoms with Crippen LogP contribution in [0, 0.1) is 4.91 Å². The summed E-state index contributed by atoms with van der Waals surface area (Å²) in [5, 5.41) is 2.81. The van der Waals surface area contributed by atoms with Gasteiger partial charge in [-0.1, -0.05) is 0 Å². The molecule has 0 unspecified atom stereocenters. The summed E-state index contributed by atoms with van der Waals surface area (Å²) in [5.41, 5.74) is 6.43. The predicted molar refractivity (Wildman–Crippen MR) is 70.1 cm³/mol. The van der Waals surface area contributed by atoms with Gasteiger partial charge in [-0.05, 0) is 30.4 Å². The highest BCUT2D eigenvalue weighted by Gasteiger charge is 2.17. The smallest absolute Gasteiger partial charge is 0.251 e. The zero-order chi connectivity index (χ0) is 13.1. The third-order valence-electron chi connectivity index (χ3n) is 3.21. The zero-order valence-electron chi connectivity index (χ0n) is 10.3. The Bertz CT molecular complexity index is 467. The second kappa shape index (κ2) is 5.14. The molecule has 1 amide bonds. The van der Waals surface area contributed by atoms with Crippen LogP contribution in [0.3, 0.4) is 0 Å². The summed E-state index contributed by atoms with van der Waals surface area (Å²) in [4.78, 5) is 26.3. The van der Waals surface area contributed by atoms with Crippen molar-refractivity contribution in [3.8, 4) is 0 Å². The van der Waals surface area contributed by atoms with Gasteiger partial charge in [0.1, 0.15) is 5.69 Å². The summed E-state index contributed by atoms with van der Waals surface area (Å²) >= 11 is 0. The fraction of sp³-hybridized carbons (Fsp3) is 0.417. The summed E-state index contributed by atoms with van der Waals surface area (Å²) in [7, 11) is 2.07. The Kier molecular flexibility index (Phi) is 3.57. The van der Waals surface area contributed by atoms with Crippen molar-refractivity contribution in [1.29, 1.82) is 0 Å². The summed E-state index contributed by atoms with van der Waals surface area (Å²) in [6.07, 6.45) is 0. The van der Waals surface area contributed by atoms with Gasteiger partial charge < -0.3 is 15.5 Å². The van der Waals surface area contributed by atoms with E-state index in [2.05, 4.69) is 22.0 Å². The number of benzene rings is 1. The lowest BCUT2D eigenvalue weighted by Gasteiger charge is -2.34. The molecule has 1 aliphatic heterocycles. The van der Waals surface area contributed by atoms with Crippen LogP contribution in [0.1, 0.15) is 10.4 Å². The Hall–Kier alpha value is -1.95. The Labute approximate surface area is 105 Å². The molecule has 0 saturated carbocycles. The van der Waals surface area contributed by atoms with Gasteiger partial charge in [0, 0.05) is 31.9 Å². The van der Waals surface area contributed by atoms with Gasteiger partial charge in [0.15, 0.2) is 0 Å². The van der Waals surface area contributed by atoms with Gasteiger partial charge >= 0.3 is 0 Å². The molecule has 2 rings (SSSR count). The third-order valence-corrected chi connectivity index (χ3v) is 3.21. The van der Waals surface area contributed by atoms with Crippen molar-refractivity contribution in [3.63, 3.8) is 0 Å². The van der Waals surface area contributed by atoms with Crippen LogP contribution in [-0.2, 0) is 0 Å². The average molecular weight is 248 g/mol. The monoisotopic (exact) mass is 248 g/mol. The SMILES string of the molecule is CN1CCN(c2ccc(N=O)c(C(N)=O)c2)CC1. The van der Waals surface area contributed by atoms with Gasteiger partial charge in [0.25, 0.3) is 5.91 Å². The van der Waals surface area contributed by atoms with Crippen molar-refractivity contribution in [2.24, 2.45) is 10.9 Å². The summed E-state index contributed by atoms with van der Waals surface area (Å²) in [6, 6.07) is 4.99. The first-order valence-corrected chi connectivity index (χ1v) is 5.82. The number of nitrogens with zero attached hydrogens (tertiary/aromatic N) is 3. The molecule has 96 valence electrons. The van der Waals surface area contributed by atoms with E-state index in [1.807, 2.05) is 0 Å². The fourth-order valence-corrected chi connectivity index (χ4v) is 2.06. The number of hydrogen-bond donors (Lipinski definition) is 1. The predicted octanol–water partition coefficient (Wildman–Crippen LogP) is 0.935. The number of hydrogen-bond acceptors (Lipinski definition) is 5. The van der Waals surface area contributed by atoms with Crippen LogP contribution in [0.25, 0.3) is 0 Å². The van der Waals surface area contributed by atoms with Crippen LogP contribution in [-0.4, -0.2) is 44.0 Å². The van der Waals surface area contributed by atoms with E-state index >= 15 is 0 Å². The van der Waals surface area contributed by atoms with Gasteiger partial charge in [-0.15, -0.1) is 4.91 Å². The Morgan fingerprint density at radius 3 is 2.50 bits per heavy atom. The molecule has 2 N–H and O–H groups in total. The van der Waals surface area contributed by atoms with Gasteiger partial charge in [0.05, 0.1) is 5.56 Å². The van der Waals surface area contributed by atoms with E-state index in [9.17, 15) is 9.70 Å². The summed E-state index contributed by atoms with van der Waals surface area (Å²) in [6.45, 7) is 3.73. The molecular formula is C12H16N4O2. The van der Waals surface area contributed by atoms with E-state index in [4.69, 9.17) is 5.73 Å². The lowest BCUT2D eigenvalue weighted by Crippen LogP contribution is -2.44. The zero-order valence-corrected chi connectivity index (χ0v) is 10.3. The molecule has 0 spiro atoms. The number of carbonyl (C=O) groups is 1. The van der Waals surface area contributed by atoms with Gasteiger partial charge in [-0.2, -0.15) is 0 Å². The van der Waals surface area contributed by atoms with Gasteiger partial charge in [-0.3, -0.25) is 4.79 Å². The molecule has 1 heterocycles. The molecule has 1 aromatic carbocycles. The second-order valence-electron chi connectivity index (χ2n) is 4.45. The van der Waals surface area contributed by atoms with Crippen LogP contribution >= 0.6 is 0 Å². The number of carbonyl (C=O) groups excluding carboxylic acids is 1. The molecule has 6 heteroatoms. The van der Waals surface area contributed by atoms with E-state index in [-0.39, 0.29) is 11.3 Å². The van der Waals surface area contributed by atoms with E-state index in [1.165, 1.54) is 0 Å². The third kappa shape index (κ3) is 2.48. The maximum absolute atomic E-state index is 11.3. The first-order valence-electron chi connectivity index (χ1n) is 5.82. The fourth-order valence-electron chi connectivity index (χ4n) is 2.06. The first kappa shape index (κ1) is 12.5. The number of rotatable bonds is 3. The highest BCUT2D eigenvalue weighted by Crippen LogP contribution is 2.25. The molecule has 0 atom stereocenters. The largest absolute Gasteiger partial charge is 0.369 e. The number of piperazine rings is 1. The molecule has 0 radical (unpaired) electrons. The number of anilines is 1. The van der Waals surface area contributed by atoms with Crippen molar-refractivity contribution in [3.05, 3.63) is 28.7 Å². The van der Waals surface area contributed by atoms with Crippen LogP contribution < -0.4 is 10.6 Å². The number of nitroso groups, excluding NO2 is 1. The van der Waals surface area contributed by atoms with Crippen molar-refractivity contribution in [1.82, 2.24) is 4.90 Å². The van der Waals surface area contributed by atoms with Crippen molar-refractivity contribution in [2.75, 3.05) is 38.1 Å². The van der Waals surface area contributed by atoms with Crippen LogP contribution in [0.15, 0.2) is 23.4 Å². The second-order valence-corrected chi connectivity index (χ2v) is 4.45. The minimum atomic E-state index is -0.624. The minimum absolute atomic E-state index is 0.0976. The van der Waals surface area contributed by atoms with E-state index in [0.29, 0.717) is 0 Å². The van der Waals surface area contributed by atoms with Crippen molar-refractivity contribution >= 4 is 17.3 Å². The number of nitrogens with two attached hydrogens (primary N) is 1. The summed E-state index contributed by atoms with van der Waals surface area (Å²) < 4.78 is 0. The van der Waals surface area contributed by atoms with Crippen LogP contribution in [0.5, 0.6) is 0 Å². The van der Waals surface area contributed by atoms with E-state index in [1.54, 1.807) is 18.2 Å². The molecule has 0 aliphatic carbocycles. The van der Waals surface area contributed by atoms with Crippen LogP contribution in [0.4, 0.5) is 11.4 Å². The number of likely N-dealkylation sites (N-methyl/N-ethyl adjacent to an activating group) is 1. The molecule has 1 saturated heterocycles. The Morgan fingerprint density at radius 1 is 1.28 bits per heavy atom. The standard InChI is InChI=1S/C12H16N4O2/c1-15-4-6-16(7-5-15)9-2-3-11(14-18)10(8-9)12(13)17/h2-3,8H,4-7H2,1H3,(H2,13,17). The van der Waals surface area contributed by atoms with Crippen LogP contribution in [0.2, 0.25) is 0 Å². The first-order chi connectivity index (χ1) is 8.61. The topological polar surface area (TPSA) is 79.0 Å². The number of primary amides is 1. The number of amides is 1. The molecule has 0 bridgehead atoms. The minimum Gasteiger partial charge on any atom is -0.369 e. The molecule has 1 aromatic rings. The van der Waals surface area contributed by atoms with Gasteiger partial charge in [0.2, 0.25) is 0 Å². The summed E-state index contributed by atoms with van der Waals surface area (Å²) in [5.74, 6) is -0.624. The normalized spacial score (nSPS) is 16.6. The molecule has 0 aromatic heterocycles. The lowest BCUT2D eigenvalue weighted by atomic mass is 10.1. The highest BCUT2D eigenvalue weighted by molar-refractivity contribution is 5.98. The highest BCUT2D eigenvalue weighted by atomic mass is 16.3. The van der Waals surface area contributed by atoms with Crippen molar-refractivity contribution in [2.45, 2.75) is 0 Å². The molecular weight excluding hydrogens is 232 g/mol. The Morgan fingerprint density at radius 2 is 1.94 bits per heavy atom.